The predicted octanol–water partition coefficient (Wildman–Crippen LogP) is 2.05. The van der Waals surface area contributed by atoms with Crippen LogP contribution in [0.15, 0.2) is 29.3 Å². The Bertz CT molecular complexity index is 552. The zero-order valence-corrected chi connectivity index (χ0v) is 19.5. The number of benzene rings is 1. The van der Waals surface area contributed by atoms with Crippen molar-refractivity contribution in [1.29, 1.82) is 0 Å². The first-order chi connectivity index (χ1) is 12.6. The summed E-state index contributed by atoms with van der Waals surface area (Å²) in [4.78, 5) is 9.16. The molecule has 2 N–H and O–H groups in total. The van der Waals surface area contributed by atoms with Crippen LogP contribution in [-0.2, 0) is 6.42 Å². The van der Waals surface area contributed by atoms with Crippen LogP contribution in [0.25, 0.3) is 0 Å². The topological polar surface area (TPSA) is 52.1 Å². The SMILES string of the molecule is CN=C(NCCCCc1ccc(OC)cc1)NCC1CN(C)CCN1C.I. The number of nitrogens with zero attached hydrogens (tertiary/aromatic N) is 3. The first kappa shape index (κ1) is 24.0. The number of nitrogens with one attached hydrogen (secondary N) is 2. The Labute approximate surface area is 181 Å². The Balaban J connectivity index is 0.00000364. The fourth-order valence-electron chi connectivity index (χ4n) is 3.21. The second kappa shape index (κ2) is 13.2. The molecule has 0 radical (unpaired) electrons. The molecule has 1 aliphatic rings. The van der Waals surface area contributed by atoms with E-state index in [-0.39, 0.29) is 24.0 Å². The van der Waals surface area contributed by atoms with E-state index in [1.807, 2.05) is 19.2 Å². The lowest BCUT2D eigenvalue weighted by atomic mass is 10.1. The van der Waals surface area contributed by atoms with Crippen molar-refractivity contribution >= 4 is 29.9 Å². The number of ether oxygens (including phenoxy) is 1. The average molecular weight is 489 g/mol. The molecular weight excluding hydrogens is 453 g/mol. The second-order valence-electron chi connectivity index (χ2n) is 7.08. The Hall–Kier alpha value is -1.06. The first-order valence-electron chi connectivity index (χ1n) is 9.58. The molecule has 7 heteroatoms. The summed E-state index contributed by atoms with van der Waals surface area (Å²) in [6.45, 7) is 5.24. The maximum atomic E-state index is 5.19. The minimum absolute atomic E-state index is 0. The number of aliphatic imine (C=N–C) groups is 1. The minimum atomic E-state index is 0. The van der Waals surface area contributed by atoms with Crippen LogP contribution < -0.4 is 15.4 Å². The van der Waals surface area contributed by atoms with Gasteiger partial charge in [0.25, 0.3) is 0 Å². The molecule has 1 aromatic carbocycles. The van der Waals surface area contributed by atoms with E-state index in [4.69, 9.17) is 4.74 Å². The number of hydrogen-bond acceptors (Lipinski definition) is 4. The van der Waals surface area contributed by atoms with Gasteiger partial charge in [-0.1, -0.05) is 12.1 Å². The highest BCUT2D eigenvalue weighted by Crippen LogP contribution is 2.13. The summed E-state index contributed by atoms with van der Waals surface area (Å²) in [6.07, 6.45) is 3.38. The fraction of sp³-hybridized carbons (Fsp3) is 0.650. The molecule has 1 saturated heterocycles. The molecule has 1 aliphatic heterocycles. The van der Waals surface area contributed by atoms with E-state index >= 15 is 0 Å². The Morgan fingerprint density at radius 1 is 1.15 bits per heavy atom. The third kappa shape index (κ3) is 8.66. The van der Waals surface area contributed by atoms with Gasteiger partial charge < -0.3 is 20.3 Å². The standard InChI is InChI=1S/C20H35N5O.HI/c1-21-20(23-15-18-16-24(2)13-14-25(18)3)22-12-6-5-7-17-8-10-19(26-4)11-9-17;/h8-11,18H,5-7,12-16H2,1-4H3,(H2,21,22,23);1H. The lowest BCUT2D eigenvalue weighted by Gasteiger charge is -2.37. The van der Waals surface area contributed by atoms with Gasteiger partial charge in [0.05, 0.1) is 7.11 Å². The van der Waals surface area contributed by atoms with Crippen LogP contribution in [0.3, 0.4) is 0 Å². The van der Waals surface area contributed by atoms with E-state index in [1.165, 1.54) is 5.56 Å². The highest BCUT2D eigenvalue weighted by molar-refractivity contribution is 14.0. The van der Waals surface area contributed by atoms with Crippen molar-refractivity contribution < 1.29 is 4.74 Å². The van der Waals surface area contributed by atoms with E-state index in [1.54, 1.807) is 7.11 Å². The quantitative estimate of drug-likeness (QED) is 0.254. The number of piperazine rings is 1. The number of guanidine groups is 1. The molecular formula is C20H36IN5O. The van der Waals surface area contributed by atoms with Crippen LogP contribution in [0, 0.1) is 0 Å². The molecule has 0 spiro atoms. The van der Waals surface area contributed by atoms with E-state index in [0.717, 1.165) is 63.7 Å². The summed E-state index contributed by atoms with van der Waals surface area (Å²) >= 11 is 0. The van der Waals surface area contributed by atoms with Gasteiger partial charge in [0.1, 0.15) is 5.75 Å². The maximum absolute atomic E-state index is 5.19. The van der Waals surface area contributed by atoms with Crippen molar-refractivity contribution in [3.63, 3.8) is 0 Å². The number of hydrogen-bond donors (Lipinski definition) is 2. The number of rotatable bonds is 8. The van der Waals surface area contributed by atoms with Gasteiger partial charge in [-0.25, -0.2) is 0 Å². The van der Waals surface area contributed by atoms with E-state index in [0.29, 0.717) is 6.04 Å². The minimum Gasteiger partial charge on any atom is -0.497 e. The average Bonchev–Trinajstić information content (AvgIpc) is 2.67. The zero-order valence-electron chi connectivity index (χ0n) is 17.2. The molecule has 1 fully saturated rings. The molecule has 0 bridgehead atoms. The molecule has 0 amide bonds. The largest absolute Gasteiger partial charge is 0.497 e. The molecule has 0 saturated carbocycles. The summed E-state index contributed by atoms with van der Waals surface area (Å²) in [6, 6.07) is 8.87. The smallest absolute Gasteiger partial charge is 0.191 e. The van der Waals surface area contributed by atoms with Crippen molar-refractivity contribution in [2.24, 2.45) is 4.99 Å². The number of likely N-dealkylation sites (N-methyl/N-ethyl adjacent to an activating group) is 2. The van der Waals surface area contributed by atoms with Gasteiger partial charge in [-0.2, -0.15) is 0 Å². The summed E-state index contributed by atoms with van der Waals surface area (Å²) < 4.78 is 5.19. The van der Waals surface area contributed by atoms with E-state index in [2.05, 4.69) is 51.7 Å². The molecule has 27 heavy (non-hydrogen) atoms. The third-order valence-electron chi connectivity index (χ3n) is 5.05. The molecule has 1 atom stereocenters. The summed E-state index contributed by atoms with van der Waals surface area (Å²) in [5.74, 6) is 1.82. The fourth-order valence-corrected chi connectivity index (χ4v) is 3.21. The van der Waals surface area contributed by atoms with Crippen LogP contribution >= 0.6 is 24.0 Å². The second-order valence-corrected chi connectivity index (χ2v) is 7.08. The summed E-state index contributed by atoms with van der Waals surface area (Å²) in [5, 5.41) is 6.89. The Morgan fingerprint density at radius 2 is 1.89 bits per heavy atom. The predicted molar refractivity (Wildman–Crippen MR) is 125 cm³/mol. The third-order valence-corrected chi connectivity index (χ3v) is 5.05. The van der Waals surface area contributed by atoms with Gasteiger partial charge in [-0.15, -0.1) is 24.0 Å². The van der Waals surface area contributed by atoms with Gasteiger partial charge in [0.15, 0.2) is 5.96 Å². The number of halogens is 1. The van der Waals surface area contributed by atoms with E-state index in [9.17, 15) is 0 Å². The van der Waals surface area contributed by atoms with Crippen molar-refractivity contribution in [3.8, 4) is 5.75 Å². The van der Waals surface area contributed by atoms with Gasteiger partial charge in [-0.05, 0) is 51.1 Å². The van der Waals surface area contributed by atoms with Gasteiger partial charge in [0.2, 0.25) is 0 Å². The molecule has 2 rings (SSSR count). The molecule has 6 nitrogen and oxygen atoms in total. The molecule has 154 valence electrons. The molecule has 1 unspecified atom stereocenters. The zero-order chi connectivity index (χ0) is 18.8. The van der Waals surface area contributed by atoms with Crippen molar-refractivity contribution in [2.45, 2.75) is 25.3 Å². The van der Waals surface area contributed by atoms with Crippen molar-refractivity contribution in [2.75, 3.05) is 61.0 Å². The molecule has 1 heterocycles. The van der Waals surface area contributed by atoms with Gasteiger partial charge >= 0.3 is 0 Å². The monoisotopic (exact) mass is 489 g/mol. The van der Waals surface area contributed by atoms with E-state index < -0.39 is 0 Å². The highest BCUT2D eigenvalue weighted by Gasteiger charge is 2.21. The summed E-state index contributed by atoms with van der Waals surface area (Å²) in [7, 11) is 7.93. The van der Waals surface area contributed by atoms with Crippen LogP contribution in [0.2, 0.25) is 0 Å². The van der Waals surface area contributed by atoms with Crippen LogP contribution in [0.4, 0.5) is 0 Å². The lowest BCUT2D eigenvalue weighted by molar-refractivity contribution is 0.116. The Morgan fingerprint density at radius 3 is 2.56 bits per heavy atom. The van der Waals surface area contributed by atoms with Gasteiger partial charge in [-0.3, -0.25) is 9.89 Å². The molecule has 0 aromatic heterocycles. The number of methoxy groups -OCH3 is 1. The molecule has 1 aromatic rings. The van der Waals surface area contributed by atoms with Crippen molar-refractivity contribution in [1.82, 2.24) is 20.4 Å². The highest BCUT2D eigenvalue weighted by atomic mass is 127. The van der Waals surface area contributed by atoms with Crippen molar-refractivity contribution in [3.05, 3.63) is 29.8 Å². The summed E-state index contributed by atoms with van der Waals surface area (Å²) in [5.41, 5.74) is 1.36. The van der Waals surface area contributed by atoms with Crippen LogP contribution in [0.1, 0.15) is 18.4 Å². The van der Waals surface area contributed by atoms with Gasteiger partial charge in [0, 0.05) is 45.8 Å². The Kier molecular flexibility index (Phi) is 11.7. The number of unbranched alkanes of at least 4 members (excludes halogenated alkanes) is 1. The normalized spacial score (nSPS) is 18.7. The van der Waals surface area contributed by atoms with Crippen LogP contribution in [0.5, 0.6) is 5.75 Å². The maximum Gasteiger partial charge on any atom is 0.191 e. The first-order valence-corrected chi connectivity index (χ1v) is 9.58. The lowest BCUT2D eigenvalue weighted by Crippen LogP contribution is -2.55. The molecule has 0 aliphatic carbocycles. The van der Waals surface area contributed by atoms with Crippen LogP contribution in [-0.4, -0.2) is 82.8 Å². The number of aryl methyl sites for hydroxylation is 1.